The Bertz CT molecular complexity index is 798. The van der Waals surface area contributed by atoms with E-state index in [0.717, 1.165) is 29.1 Å². The summed E-state index contributed by atoms with van der Waals surface area (Å²) in [6.07, 6.45) is 0. The van der Waals surface area contributed by atoms with Crippen LogP contribution in [0.3, 0.4) is 0 Å². The number of rotatable bonds is 6. The van der Waals surface area contributed by atoms with Gasteiger partial charge in [0.1, 0.15) is 18.1 Å². The molecule has 0 atom stereocenters. The zero-order chi connectivity index (χ0) is 19.2. The highest BCUT2D eigenvalue weighted by atomic mass is 32.1. The van der Waals surface area contributed by atoms with E-state index in [0.29, 0.717) is 36.9 Å². The largest absolute Gasteiger partial charge is 0.462 e. The number of morpholine rings is 1. The molecule has 2 heterocycles. The van der Waals surface area contributed by atoms with Gasteiger partial charge in [0.25, 0.3) is 5.91 Å². The maximum absolute atomic E-state index is 12.6. The van der Waals surface area contributed by atoms with Crippen LogP contribution in [0.4, 0.5) is 5.00 Å². The molecule has 0 spiro atoms. The minimum atomic E-state index is -0.401. The zero-order valence-corrected chi connectivity index (χ0v) is 16.5. The van der Waals surface area contributed by atoms with Gasteiger partial charge in [0.15, 0.2) is 6.54 Å². The van der Waals surface area contributed by atoms with Gasteiger partial charge >= 0.3 is 5.97 Å². The number of esters is 1. The van der Waals surface area contributed by atoms with Gasteiger partial charge in [-0.2, -0.15) is 0 Å². The van der Waals surface area contributed by atoms with Crippen LogP contribution in [-0.2, 0) is 14.3 Å². The van der Waals surface area contributed by atoms with E-state index >= 15 is 0 Å². The molecule has 1 aliphatic rings. The average molecular weight is 389 g/mol. The fraction of sp³-hybridized carbons (Fsp3) is 0.400. The summed E-state index contributed by atoms with van der Waals surface area (Å²) < 4.78 is 10.6. The van der Waals surface area contributed by atoms with Gasteiger partial charge in [-0.15, -0.1) is 11.3 Å². The van der Waals surface area contributed by atoms with Crippen molar-refractivity contribution in [2.45, 2.75) is 13.8 Å². The number of nitrogens with one attached hydrogen (secondary N) is 2. The topological polar surface area (TPSA) is 69.1 Å². The molecule has 144 valence electrons. The Morgan fingerprint density at radius 3 is 2.59 bits per heavy atom. The zero-order valence-electron chi connectivity index (χ0n) is 15.7. The van der Waals surface area contributed by atoms with Crippen molar-refractivity contribution >= 4 is 28.2 Å². The summed E-state index contributed by atoms with van der Waals surface area (Å²) in [5, 5.41) is 3.50. The standard InChI is InChI=1S/C20H24N2O4S/c1-3-26-20(24)17-14(2)18(15-7-5-4-6-8-15)27-19(17)21-16(23)13-22-9-11-25-12-10-22/h4-8H,3,9-13H2,1-2H3,(H,21,23)/p+1. The van der Waals surface area contributed by atoms with E-state index < -0.39 is 5.97 Å². The molecule has 6 nitrogen and oxygen atoms in total. The van der Waals surface area contributed by atoms with Crippen LogP contribution in [0.15, 0.2) is 30.3 Å². The minimum absolute atomic E-state index is 0.0988. The monoisotopic (exact) mass is 389 g/mol. The normalized spacial score (nSPS) is 14.7. The number of hydrogen-bond donors (Lipinski definition) is 2. The van der Waals surface area contributed by atoms with E-state index in [4.69, 9.17) is 9.47 Å². The van der Waals surface area contributed by atoms with Crippen molar-refractivity contribution in [1.82, 2.24) is 0 Å². The van der Waals surface area contributed by atoms with E-state index in [-0.39, 0.29) is 5.91 Å². The van der Waals surface area contributed by atoms with E-state index in [1.54, 1.807) is 6.92 Å². The van der Waals surface area contributed by atoms with Crippen LogP contribution < -0.4 is 10.2 Å². The summed E-state index contributed by atoms with van der Waals surface area (Å²) >= 11 is 1.42. The van der Waals surface area contributed by atoms with Gasteiger partial charge in [0.2, 0.25) is 0 Å². The highest BCUT2D eigenvalue weighted by Crippen LogP contribution is 2.40. The van der Waals surface area contributed by atoms with Crippen LogP contribution >= 0.6 is 11.3 Å². The van der Waals surface area contributed by atoms with E-state index in [2.05, 4.69) is 5.32 Å². The van der Waals surface area contributed by atoms with Gasteiger partial charge in [-0.3, -0.25) is 4.79 Å². The molecule has 0 saturated carbocycles. The Hall–Kier alpha value is -2.22. The molecule has 0 unspecified atom stereocenters. The Labute approximate surface area is 163 Å². The van der Waals surface area contributed by atoms with E-state index in [9.17, 15) is 9.59 Å². The summed E-state index contributed by atoms with van der Waals surface area (Å²) in [6.45, 7) is 7.31. The van der Waals surface area contributed by atoms with Crippen molar-refractivity contribution in [2.75, 3.05) is 44.8 Å². The Kier molecular flexibility index (Phi) is 6.60. The van der Waals surface area contributed by atoms with Crippen molar-refractivity contribution in [2.24, 2.45) is 0 Å². The quantitative estimate of drug-likeness (QED) is 0.739. The summed E-state index contributed by atoms with van der Waals surface area (Å²) in [7, 11) is 0. The SMILES string of the molecule is CCOC(=O)c1c(NC(=O)C[NH+]2CCOCC2)sc(-c2ccccc2)c1C. The predicted octanol–water partition coefficient (Wildman–Crippen LogP) is 1.75. The van der Waals surface area contributed by atoms with Gasteiger partial charge in [-0.25, -0.2) is 4.79 Å². The molecule has 2 aromatic rings. The first-order valence-corrected chi connectivity index (χ1v) is 9.99. The van der Waals surface area contributed by atoms with Gasteiger partial charge < -0.3 is 19.7 Å². The van der Waals surface area contributed by atoms with E-state index in [1.807, 2.05) is 37.3 Å². The summed E-state index contributed by atoms with van der Waals surface area (Å²) in [5.74, 6) is -0.499. The number of anilines is 1. The first-order chi connectivity index (χ1) is 13.1. The molecule has 2 N–H and O–H groups in total. The number of carbonyl (C=O) groups is 2. The van der Waals surface area contributed by atoms with Crippen molar-refractivity contribution in [3.63, 3.8) is 0 Å². The summed E-state index contributed by atoms with van der Waals surface area (Å²) in [4.78, 5) is 27.2. The highest BCUT2D eigenvalue weighted by Gasteiger charge is 2.25. The Balaban J connectivity index is 1.85. The molecule has 3 rings (SSSR count). The maximum Gasteiger partial charge on any atom is 0.341 e. The third-order valence-corrected chi connectivity index (χ3v) is 5.78. The van der Waals surface area contributed by atoms with Crippen molar-refractivity contribution in [3.8, 4) is 10.4 Å². The molecule has 1 aliphatic heterocycles. The molecule has 7 heteroatoms. The average Bonchev–Trinajstić information content (AvgIpc) is 2.99. The summed E-state index contributed by atoms with van der Waals surface area (Å²) in [5.41, 5.74) is 2.30. The van der Waals surface area contributed by atoms with Gasteiger partial charge in [0.05, 0.1) is 25.4 Å². The summed E-state index contributed by atoms with van der Waals surface area (Å²) in [6, 6.07) is 9.86. The van der Waals surface area contributed by atoms with Crippen LogP contribution in [0.1, 0.15) is 22.8 Å². The molecule has 1 aromatic heterocycles. The van der Waals surface area contributed by atoms with Crippen LogP contribution in [-0.4, -0.2) is 51.3 Å². The third-order valence-electron chi connectivity index (χ3n) is 4.53. The van der Waals surface area contributed by atoms with Crippen molar-refractivity contribution in [1.29, 1.82) is 0 Å². The van der Waals surface area contributed by atoms with Crippen LogP contribution in [0, 0.1) is 6.92 Å². The lowest BCUT2D eigenvalue weighted by Crippen LogP contribution is -3.15. The number of ether oxygens (including phenoxy) is 2. The van der Waals surface area contributed by atoms with Crippen LogP contribution in [0.25, 0.3) is 10.4 Å². The third kappa shape index (κ3) is 4.74. The number of hydrogen-bond acceptors (Lipinski definition) is 5. The molecule has 1 amide bonds. The van der Waals surface area contributed by atoms with Crippen molar-refractivity contribution < 1.29 is 24.0 Å². The second kappa shape index (κ2) is 9.12. The smallest absolute Gasteiger partial charge is 0.341 e. The van der Waals surface area contributed by atoms with Gasteiger partial charge in [0, 0.05) is 4.88 Å². The van der Waals surface area contributed by atoms with E-state index in [1.165, 1.54) is 16.2 Å². The molecular weight excluding hydrogens is 364 g/mol. The molecule has 0 radical (unpaired) electrons. The fourth-order valence-corrected chi connectivity index (χ4v) is 4.37. The second-order valence-corrected chi connectivity index (χ2v) is 7.45. The molecule has 1 saturated heterocycles. The first kappa shape index (κ1) is 19.5. The van der Waals surface area contributed by atoms with Gasteiger partial charge in [-0.1, -0.05) is 30.3 Å². The first-order valence-electron chi connectivity index (χ1n) is 9.17. The molecule has 1 fully saturated rings. The minimum Gasteiger partial charge on any atom is -0.462 e. The molecule has 0 aliphatic carbocycles. The lowest BCUT2D eigenvalue weighted by molar-refractivity contribution is -0.899. The lowest BCUT2D eigenvalue weighted by Gasteiger charge is -2.23. The predicted molar refractivity (Wildman–Crippen MR) is 105 cm³/mol. The number of thiophene rings is 1. The molecule has 0 bridgehead atoms. The number of carbonyl (C=O) groups excluding carboxylic acids is 2. The fourth-order valence-electron chi connectivity index (χ4n) is 3.15. The van der Waals surface area contributed by atoms with Crippen LogP contribution in [0.5, 0.6) is 0 Å². The number of amides is 1. The molecule has 1 aromatic carbocycles. The molecule has 27 heavy (non-hydrogen) atoms. The Morgan fingerprint density at radius 2 is 1.93 bits per heavy atom. The number of quaternary nitrogens is 1. The highest BCUT2D eigenvalue weighted by molar-refractivity contribution is 7.20. The Morgan fingerprint density at radius 1 is 1.22 bits per heavy atom. The van der Waals surface area contributed by atoms with Gasteiger partial charge in [-0.05, 0) is 25.0 Å². The second-order valence-electron chi connectivity index (χ2n) is 6.43. The van der Waals surface area contributed by atoms with Crippen molar-refractivity contribution in [3.05, 3.63) is 41.5 Å². The molecular formula is C20H25N2O4S+. The maximum atomic E-state index is 12.6. The lowest BCUT2D eigenvalue weighted by atomic mass is 10.1. The number of benzene rings is 1. The van der Waals surface area contributed by atoms with Crippen LogP contribution in [0.2, 0.25) is 0 Å².